The van der Waals surface area contributed by atoms with Crippen molar-refractivity contribution < 1.29 is 18.7 Å². The van der Waals surface area contributed by atoms with Gasteiger partial charge in [0.05, 0.1) is 5.56 Å². The molecule has 3 rings (SSSR count). The van der Waals surface area contributed by atoms with Crippen LogP contribution in [-0.4, -0.2) is 21.2 Å². The number of benzene rings is 2. The van der Waals surface area contributed by atoms with Gasteiger partial charge in [0.15, 0.2) is 0 Å². The number of phenolic OH excluding ortho intramolecular Hbond substituents is 1. The number of hydrogen-bond acceptors (Lipinski definition) is 5. The van der Waals surface area contributed by atoms with E-state index in [4.69, 9.17) is 4.42 Å². The molecule has 0 unspecified atom stereocenters. The molecule has 116 valence electrons. The SMILES string of the molecule is Cc1nnc(-c2cccc(NC(=O)c3ccc(O)cc3F)c2)o1. The van der Waals surface area contributed by atoms with Gasteiger partial charge in [-0.25, -0.2) is 4.39 Å². The predicted octanol–water partition coefficient (Wildman–Crippen LogP) is 3.14. The first-order chi connectivity index (χ1) is 11.0. The minimum Gasteiger partial charge on any atom is -0.508 e. The molecule has 0 bridgehead atoms. The third-order valence-electron chi connectivity index (χ3n) is 3.09. The van der Waals surface area contributed by atoms with Crippen LogP contribution in [0.5, 0.6) is 5.75 Å². The molecule has 7 heteroatoms. The summed E-state index contributed by atoms with van der Waals surface area (Å²) in [5.41, 5.74) is 0.923. The lowest BCUT2D eigenvalue weighted by molar-refractivity contribution is 0.102. The van der Waals surface area contributed by atoms with E-state index in [9.17, 15) is 14.3 Å². The number of nitrogens with one attached hydrogen (secondary N) is 1. The van der Waals surface area contributed by atoms with Crippen LogP contribution in [0.2, 0.25) is 0 Å². The molecule has 0 aliphatic heterocycles. The van der Waals surface area contributed by atoms with Gasteiger partial charge in [-0.3, -0.25) is 4.79 Å². The first-order valence-electron chi connectivity index (χ1n) is 6.73. The van der Waals surface area contributed by atoms with Gasteiger partial charge in [0.2, 0.25) is 11.8 Å². The number of carbonyl (C=O) groups is 1. The largest absolute Gasteiger partial charge is 0.508 e. The van der Waals surface area contributed by atoms with Gasteiger partial charge in [0, 0.05) is 24.2 Å². The van der Waals surface area contributed by atoms with E-state index in [0.717, 1.165) is 6.07 Å². The number of aryl methyl sites for hydroxylation is 1. The Hall–Kier alpha value is -3.22. The summed E-state index contributed by atoms with van der Waals surface area (Å²) in [7, 11) is 0. The molecule has 0 fully saturated rings. The highest BCUT2D eigenvalue weighted by atomic mass is 19.1. The van der Waals surface area contributed by atoms with Crippen LogP contribution in [0, 0.1) is 12.7 Å². The van der Waals surface area contributed by atoms with Crippen molar-refractivity contribution in [1.29, 1.82) is 0 Å². The topological polar surface area (TPSA) is 88.2 Å². The predicted molar refractivity (Wildman–Crippen MR) is 80.5 cm³/mol. The zero-order valence-electron chi connectivity index (χ0n) is 12.1. The van der Waals surface area contributed by atoms with Crippen LogP contribution in [0.3, 0.4) is 0 Å². The number of rotatable bonds is 3. The zero-order chi connectivity index (χ0) is 16.4. The van der Waals surface area contributed by atoms with Crippen molar-refractivity contribution >= 4 is 11.6 Å². The molecule has 0 spiro atoms. The van der Waals surface area contributed by atoms with Crippen molar-refractivity contribution in [2.45, 2.75) is 6.92 Å². The van der Waals surface area contributed by atoms with E-state index in [1.807, 2.05) is 0 Å². The highest BCUT2D eigenvalue weighted by Crippen LogP contribution is 2.22. The Morgan fingerprint density at radius 3 is 2.74 bits per heavy atom. The fraction of sp³-hybridized carbons (Fsp3) is 0.0625. The second-order valence-corrected chi connectivity index (χ2v) is 4.83. The monoisotopic (exact) mass is 313 g/mol. The van der Waals surface area contributed by atoms with Crippen molar-refractivity contribution in [3.8, 4) is 17.2 Å². The second-order valence-electron chi connectivity index (χ2n) is 4.83. The van der Waals surface area contributed by atoms with Crippen LogP contribution in [0.4, 0.5) is 10.1 Å². The number of amides is 1. The minimum absolute atomic E-state index is 0.165. The second kappa shape index (κ2) is 5.88. The normalized spacial score (nSPS) is 10.5. The number of halogens is 1. The summed E-state index contributed by atoms with van der Waals surface area (Å²) in [4.78, 5) is 12.1. The summed E-state index contributed by atoms with van der Waals surface area (Å²) in [6.07, 6.45) is 0. The number of nitrogens with zero attached hydrogens (tertiary/aromatic N) is 2. The Kier molecular flexibility index (Phi) is 3.76. The molecule has 2 aromatic carbocycles. The van der Waals surface area contributed by atoms with E-state index in [2.05, 4.69) is 15.5 Å². The van der Waals surface area contributed by atoms with Gasteiger partial charge < -0.3 is 14.8 Å². The van der Waals surface area contributed by atoms with Gasteiger partial charge in [-0.15, -0.1) is 10.2 Å². The maximum Gasteiger partial charge on any atom is 0.258 e. The molecule has 0 saturated heterocycles. The zero-order valence-corrected chi connectivity index (χ0v) is 12.1. The molecule has 23 heavy (non-hydrogen) atoms. The number of aromatic nitrogens is 2. The average Bonchev–Trinajstić information content (AvgIpc) is 2.94. The van der Waals surface area contributed by atoms with E-state index in [1.54, 1.807) is 31.2 Å². The Morgan fingerprint density at radius 1 is 1.22 bits per heavy atom. The lowest BCUT2D eigenvalue weighted by atomic mass is 10.1. The molecular formula is C16H12FN3O3. The molecule has 0 aliphatic rings. The summed E-state index contributed by atoms with van der Waals surface area (Å²) >= 11 is 0. The lowest BCUT2D eigenvalue weighted by Crippen LogP contribution is -2.13. The molecule has 0 aliphatic carbocycles. The standard InChI is InChI=1S/C16H12FN3O3/c1-9-19-20-16(23-9)10-3-2-4-11(7-10)18-15(22)13-6-5-12(21)8-14(13)17/h2-8,21H,1H3,(H,18,22). The van der Waals surface area contributed by atoms with Crippen LogP contribution in [0.25, 0.3) is 11.5 Å². The smallest absolute Gasteiger partial charge is 0.258 e. The van der Waals surface area contributed by atoms with Crippen molar-refractivity contribution in [2.75, 3.05) is 5.32 Å². The van der Waals surface area contributed by atoms with Crippen molar-refractivity contribution in [1.82, 2.24) is 10.2 Å². The van der Waals surface area contributed by atoms with Gasteiger partial charge >= 0.3 is 0 Å². The maximum atomic E-state index is 13.7. The molecular weight excluding hydrogens is 301 g/mol. The third-order valence-corrected chi connectivity index (χ3v) is 3.09. The minimum atomic E-state index is -0.800. The number of aromatic hydroxyl groups is 1. The average molecular weight is 313 g/mol. The quantitative estimate of drug-likeness (QED) is 0.775. The van der Waals surface area contributed by atoms with E-state index < -0.39 is 11.7 Å². The summed E-state index contributed by atoms with van der Waals surface area (Å²) < 4.78 is 19.0. The third kappa shape index (κ3) is 3.18. The fourth-order valence-electron chi connectivity index (χ4n) is 2.03. The summed E-state index contributed by atoms with van der Waals surface area (Å²) in [6.45, 7) is 1.68. The van der Waals surface area contributed by atoms with E-state index in [0.29, 0.717) is 23.0 Å². The Labute approximate surface area is 130 Å². The van der Waals surface area contributed by atoms with Crippen LogP contribution in [-0.2, 0) is 0 Å². The van der Waals surface area contributed by atoms with Gasteiger partial charge in [-0.05, 0) is 30.3 Å². The number of phenols is 1. The molecule has 0 atom stereocenters. The van der Waals surface area contributed by atoms with Crippen LogP contribution in [0.15, 0.2) is 46.9 Å². The molecule has 1 amide bonds. The van der Waals surface area contributed by atoms with E-state index in [1.165, 1.54) is 12.1 Å². The molecule has 1 aromatic heterocycles. The van der Waals surface area contributed by atoms with Gasteiger partial charge in [-0.1, -0.05) is 6.07 Å². The number of anilines is 1. The maximum absolute atomic E-state index is 13.7. The molecule has 0 radical (unpaired) electrons. The molecule has 2 N–H and O–H groups in total. The van der Waals surface area contributed by atoms with Crippen LogP contribution < -0.4 is 5.32 Å². The fourth-order valence-corrected chi connectivity index (χ4v) is 2.03. The first kappa shape index (κ1) is 14.7. The van der Waals surface area contributed by atoms with E-state index in [-0.39, 0.29) is 11.3 Å². The highest BCUT2D eigenvalue weighted by Gasteiger charge is 2.13. The Morgan fingerprint density at radius 2 is 2.04 bits per heavy atom. The van der Waals surface area contributed by atoms with Crippen LogP contribution >= 0.6 is 0 Å². The molecule has 0 saturated carbocycles. The van der Waals surface area contributed by atoms with Crippen molar-refractivity contribution in [3.63, 3.8) is 0 Å². The van der Waals surface area contributed by atoms with Crippen molar-refractivity contribution in [3.05, 3.63) is 59.7 Å². The Bertz CT molecular complexity index is 877. The lowest BCUT2D eigenvalue weighted by Gasteiger charge is -2.07. The number of hydrogen-bond donors (Lipinski definition) is 2. The highest BCUT2D eigenvalue weighted by molar-refractivity contribution is 6.04. The number of carbonyl (C=O) groups excluding carboxylic acids is 1. The first-order valence-corrected chi connectivity index (χ1v) is 6.73. The van der Waals surface area contributed by atoms with Crippen LogP contribution in [0.1, 0.15) is 16.2 Å². The van der Waals surface area contributed by atoms with Gasteiger partial charge in [0.25, 0.3) is 5.91 Å². The molecule has 6 nitrogen and oxygen atoms in total. The van der Waals surface area contributed by atoms with Gasteiger partial charge in [-0.2, -0.15) is 0 Å². The Balaban J connectivity index is 1.84. The summed E-state index contributed by atoms with van der Waals surface area (Å²) in [5, 5.41) is 19.4. The summed E-state index contributed by atoms with van der Waals surface area (Å²) in [6, 6.07) is 10.1. The summed E-state index contributed by atoms with van der Waals surface area (Å²) in [5.74, 6) is -0.907. The molecule has 3 aromatic rings. The van der Waals surface area contributed by atoms with E-state index >= 15 is 0 Å². The van der Waals surface area contributed by atoms with Gasteiger partial charge in [0.1, 0.15) is 11.6 Å². The molecule has 1 heterocycles. The van der Waals surface area contributed by atoms with Crippen molar-refractivity contribution in [2.24, 2.45) is 0 Å².